The normalized spacial score (nSPS) is 32.4. The molecule has 4 aliphatic carbocycles. The van der Waals surface area contributed by atoms with E-state index in [0.29, 0.717) is 11.1 Å². The van der Waals surface area contributed by atoms with Crippen molar-refractivity contribution in [3.63, 3.8) is 0 Å². The molecule has 4 fully saturated rings. The number of hydrogen-bond donors (Lipinski definition) is 0. The quantitative estimate of drug-likeness (QED) is 0.144. The standard InChI is InChI=1S/C40H52F6/c41-35-21-33(22-36(42)39(35)45)31-17-13-29(14-18-31)27-9-5-25(6-10-27)3-1-2-4-26-7-11-28(12-8-26)30-15-19-32(20-16-30)34-23-37(43)40(46)38(44)24-34/h21-32H,1-20H2/t25?,26?,27?,28?,29-,30-,31-,32-. The first-order valence-electron chi connectivity index (χ1n) is 18.5. The Balaban J connectivity index is 0.821. The predicted molar refractivity (Wildman–Crippen MR) is 171 cm³/mol. The van der Waals surface area contributed by atoms with Crippen LogP contribution >= 0.6 is 0 Å². The molecule has 0 atom stereocenters. The minimum Gasteiger partial charge on any atom is -0.204 e. The van der Waals surface area contributed by atoms with Gasteiger partial charge in [-0.1, -0.05) is 51.4 Å². The zero-order valence-electron chi connectivity index (χ0n) is 27.3. The van der Waals surface area contributed by atoms with Crippen LogP contribution in [0.3, 0.4) is 0 Å². The molecular weight excluding hydrogens is 594 g/mol. The fraction of sp³-hybridized carbons (Fsp3) is 0.700. The zero-order chi connectivity index (χ0) is 32.2. The van der Waals surface area contributed by atoms with Crippen molar-refractivity contribution < 1.29 is 26.3 Å². The van der Waals surface area contributed by atoms with Crippen molar-refractivity contribution in [2.45, 2.75) is 140 Å². The average Bonchev–Trinajstić information content (AvgIpc) is 3.08. The third-order valence-electron chi connectivity index (χ3n) is 13.1. The van der Waals surface area contributed by atoms with Gasteiger partial charge in [0, 0.05) is 0 Å². The minimum absolute atomic E-state index is 0.141. The largest absolute Gasteiger partial charge is 0.204 e. The van der Waals surface area contributed by atoms with Crippen molar-refractivity contribution in [3.05, 3.63) is 70.3 Å². The summed E-state index contributed by atoms with van der Waals surface area (Å²) in [5.41, 5.74) is 1.24. The molecule has 0 saturated heterocycles. The maximum atomic E-state index is 13.7. The van der Waals surface area contributed by atoms with Gasteiger partial charge in [-0.2, -0.15) is 0 Å². The number of unbranched alkanes of at least 4 members (excludes halogenated alkanes) is 1. The molecule has 0 amide bonds. The van der Waals surface area contributed by atoms with Gasteiger partial charge in [0.25, 0.3) is 0 Å². The van der Waals surface area contributed by atoms with Crippen molar-refractivity contribution in [1.29, 1.82) is 0 Å². The summed E-state index contributed by atoms with van der Waals surface area (Å²) in [5, 5.41) is 0. The fourth-order valence-electron chi connectivity index (χ4n) is 10.2. The van der Waals surface area contributed by atoms with Crippen LogP contribution in [-0.2, 0) is 0 Å². The Labute approximate surface area is 272 Å². The molecule has 4 saturated carbocycles. The summed E-state index contributed by atoms with van der Waals surface area (Å²) in [6.45, 7) is 0. The van der Waals surface area contributed by atoms with E-state index in [0.717, 1.165) is 86.9 Å². The van der Waals surface area contributed by atoms with Crippen molar-refractivity contribution in [2.24, 2.45) is 35.5 Å². The van der Waals surface area contributed by atoms with Gasteiger partial charge in [0.2, 0.25) is 0 Å². The van der Waals surface area contributed by atoms with Crippen LogP contribution in [0.2, 0.25) is 0 Å². The molecule has 6 heteroatoms. The lowest BCUT2D eigenvalue weighted by molar-refractivity contribution is 0.150. The van der Waals surface area contributed by atoms with Crippen LogP contribution in [0.4, 0.5) is 26.3 Å². The Bertz CT molecular complexity index is 1130. The van der Waals surface area contributed by atoms with Gasteiger partial charge in [-0.05, 0) is 160 Å². The van der Waals surface area contributed by atoms with Gasteiger partial charge in [0.15, 0.2) is 34.9 Å². The van der Waals surface area contributed by atoms with Gasteiger partial charge in [0.1, 0.15) is 0 Å². The Morgan fingerprint density at radius 3 is 0.913 bits per heavy atom. The van der Waals surface area contributed by atoms with Crippen LogP contribution in [0.15, 0.2) is 24.3 Å². The molecule has 2 aromatic carbocycles. The number of halogens is 6. The highest BCUT2D eigenvalue weighted by Gasteiger charge is 2.33. The van der Waals surface area contributed by atoms with Crippen molar-refractivity contribution >= 4 is 0 Å². The SMILES string of the molecule is Fc1cc([C@H]2CC[C@H](C3CCC(CCCCC4CCC([C@H]5CC[C@H](c6cc(F)c(F)c(F)c6)CC5)CC4)CC3)CC2)cc(F)c1F. The second kappa shape index (κ2) is 15.5. The Morgan fingerprint density at radius 1 is 0.370 bits per heavy atom. The van der Waals surface area contributed by atoms with Crippen molar-refractivity contribution in [3.8, 4) is 0 Å². The number of rotatable bonds is 9. The molecule has 0 nitrogen and oxygen atoms in total. The Hall–Kier alpha value is -1.98. The highest BCUT2D eigenvalue weighted by Crippen LogP contribution is 2.46. The Morgan fingerprint density at radius 2 is 0.630 bits per heavy atom. The molecule has 6 rings (SSSR count). The van der Waals surface area contributed by atoms with E-state index in [2.05, 4.69) is 0 Å². The summed E-state index contributed by atoms with van der Waals surface area (Å²) in [5.74, 6) is -1.97. The van der Waals surface area contributed by atoms with Gasteiger partial charge < -0.3 is 0 Å². The molecule has 0 unspecified atom stereocenters. The fourth-order valence-corrected chi connectivity index (χ4v) is 10.2. The van der Waals surface area contributed by atoms with Gasteiger partial charge in [-0.3, -0.25) is 0 Å². The van der Waals surface area contributed by atoms with Gasteiger partial charge >= 0.3 is 0 Å². The van der Waals surface area contributed by atoms with Crippen LogP contribution in [0.25, 0.3) is 0 Å². The highest BCUT2D eigenvalue weighted by atomic mass is 19.2. The van der Waals surface area contributed by atoms with E-state index >= 15 is 0 Å². The van der Waals surface area contributed by atoms with Crippen LogP contribution < -0.4 is 0 Å². The van der Waals surface area contributed by atoms with Gasteiger partial charge in [0.05, 0.1) is 0 Å². The number of hydrogen-bond acceptors (Lipinski definition) is 0. The average molecular weight is 647 g/mol. The van der Waals surface area contributed by atoms with E-state index < -0.39 is 34.9 Å². The van der Waals surface area contributed by atoms with E-state index in [9.17, 15) is 26.3 Å². The molecule has 0 aliphatic heterocycles. The first-order valence-corrected chi connectivity index (χ1v) is 18.5. The van der Waals surface area contributed by atoms with Crippen LogP contribution in [-0.4, -0.2) is 0 Å². The summed E-state index contributed by atoms with van der Waals surface area (Å²) in [6.07, 6.45) is 24.3. The van der Waals surface area contributed by atoms with E-state index in [1.54, 1.807) is 0 Å². The first kappa shape index (κ1) is 33.9. The molecule has 0 bridgehead atoms. The van der Waals surface area contributed by atoms with E-state index in [1.807, 2.05) is 0 Å². The Kier molecular flexibility index (Phi) is 11.4. The summed E-state index contributed by atoms with van der Waals surface area (Å²) in [7, 11) is 0. The molecule has 0 heterocycles. The summed E-state index contributed by atoms with van der Waals surface area (Å²) >= 11 is 0. The van der Waals surface area contributed by atoms with Gasteiger partial charge in [-0.15, -0.1) is 0 Å². The van der Waals surface area contributed by atoms with E-state index in [1.165, 1.54) is 101 Å². The molecular formula is C40H52F6. The third kappa shape index (κ3) is 8.17. The van der Waals surface area contributed by atoms with E-state index in [4.69, 9.17) is 0 Å². The second-order valence-electron chi connectivity index (χ2n) is 15.7. The van der Waals surface area contributed by atoms with Crippen molar-refractivity contribution in [2.75, 3.05) is 0 Å². The molecule has 46 heavy (non-hydrogen) atoms. The monoisotopic (exact) mass is 646 g/mol. The number of benzene rings is 2. The molecule has 0 radical (unpaired) electrons. The molecule has 4 aliphatic rings. The van der Waals surface area contributed by atoms with Gasteiger partial charge in [-0.25, -0.2) is 26.3 Å². The van der Waals surface area contributed by atoms with Crippen LogP contribution in [0.1, 0.15) is 151 Å². The van der Waals surface area contributed by atoms with Crippen LogP contribution in [0, 0.1) is 70.4 Å². The highest BCUT2D eigenvalue weighted by molar-refractivity contribution is 5.24. The topological polar surface area (TPSA) is 0 Å². The first-order chi connectivity index (χ1) is 22.2. The molecule has 254 valence electrons. The third-order valence-corrected chi connectivity index (χ3v) is 13.1. The molecule has 0 spiro atoms. The summed E-state index contributed by atoms with van der Waals surface area (Å²) < 4.78 is 81.6. The smallest absolute Gasteiger partial charge is 0.194 e. The maximum Gasteiger partial charge on any atom is 0.194 e. The lowest BCUT2D eigenvalue weighted by Crippen LogP contribution is -2.26. The second-order valence-corrected chi connectivity index (χ2v) is 15.7. The lowest BCUT2D eigenvalue weighted by atomic mass is 9.67. The molecule has 0 aromatic heterocycles. The predicted octanol–water partition coefficient (Wildman–Crippen LogP) is 12.9. The zero-order valence-corrected chi connectivity index (χ0v) is 27.3. The summed E-state index contributed by atoms with van der Waals surface area (Å²) in [6, 6.07) is 4.78. The maximum absolute atomic E-state index is 13.7. The lowest BCUT2D eigenvalue weighted by Gasteiger charge is -2.38. The molecule has 2 aromatic rings. The van der Waals surface area contributed by atoms with E-state index in [-0.39, 0.29) is 11.8 Å². The van der Waals surface area contributed by atoms with Crippen molar-refractivity contribution in [1.82, 2.24) is 0 Å². The minimum atomic E-state index is -1.37. The molecule has 0 N–H and O–H groups in total. The van der Waals surface area contributed by atoms with Crippen LogP contribution in [0.5, 0.6) is 0 Å². The summed E-state index contributed by atoms with van der Waals surface area (Å²) in [4.78, 5) is 0.